The first-order valence-corrected chi connectivity index (χ1v) is 10.2. The fourth-order valence-corrected chi connectivity index (χ4v) is 4.01. The molecule has 0 aliphatic heterocycles. The predicted octanol–water partition coefficient (Wildman–Crippen LogP) is 2.87. The van der Waals surface area contributed by atoms with E-state index in [1.807, 2.05) is 0 Å². The number of aliphatic hydroxyl groups excluding tert-OH is 1. The van der Waals surface area contributed by atoms with Crippen LogP contribution < -0.4 is 16.0 Å². The Hall–Kier alpha value is -2.57. The Bertz CT molecular complexity index is 830. The number of anilines is 1. The molecule has 1 aliphatic carbocycles. The number of primary amides is 1. The summed E-state index contributed by atoms with van der Waals surface area (Å²) in [4.78, 5) is 13.7. The number of aliphatic hydroxyl groups is 1. The Labute approximate surface area is 172 Å². The number of nitrogens with zero attached hydrogens (tertiary/aromatic N) is 1. The summed E-state index contributed by atoms with van der Waals surface area (Å²) >= 11 is 0. The van der Waals surface area contributed by atoms with E-state index in [1.165, 1.54) is 23.4 Å². The van der Waals surface area contributed by atoms with E-state index < -0.39 is 12.0 Å². The Balaban J connectivity index is 1.49. The van der Waals surface area contributed by atoms with Crippen LogP contribution in [0.3, 0.4) is 0 Å². The Kier molecular flexibility index (Phi) is 6.77. The number of amides is 1. The number of aryl methyl sites for hydroxylation is 1. The Morgan fingerprint density at radius 2 is 1.83 bits per heavy atom. The number of carbonyl (C=O) groups excluding carboxylic acids is 1. The summed E-state index contributed by atoms with van der Waals surface area (Å²) in [7, 11) is 2.16. The van der Waals surface area contributed by atoms with Gasteiger partial charge in [0.05, 0.1) is 11.7 Å². The number of aromatic hydroxyl groups is 1. The molecule has 0 aromatic heterocycles. The van der Waals surface area contributed by atoms with Crippen LogP contribution in [0.15, 0.2) is 42.5 Å². The highest BCUT2D eigenvalue weighted by molar-refractivity contribution is 5.95. The molecule has 0 spiro atoms. The van der Waals surface area contributed by atoms with Crippen LogP contribution in [0.2, 0.25) is 0 Å². The standard InChI is InChI=1S/C23H31N3O3/c1-15-3-8-18(9-4-15)26(2)19-10-6-17(7-11-19)25-14-22(28)16-5-12-21(27)20(13-16)23(24)29/h3-5,8-9,12-13,17,19,22,25,27-28H,6-7,10-11,14H2,1-2H3,(H2,24,29)/t17-,19-,22?. The first-order valence-electron chi connectivity index (χ1n) is 10.2. The highest BCUT2D eigenvalue weighted by Crippen LogP contribution is 2.27. The monoisotopic (exact) mass is 397 g/mol. The molecule has 3 rings (SSSR count). The van der Waals surface area contributed by atoms with Crippen LogP contribution in [0.25, 0.3) is 0 Å². The number of nitrogens with two attached hydrogens (primary N) is 1. The third-order valence-corrected chi connectivity index (χ3v) is 5.96. The van der Waals surface area contributed by atoms with Crippen molar-refractivity contribution in [2.75, 3.05) is 18.5 Å². The fourth-order valence-electron chi connectivity index (χ4n) is 4.01. The van der Waals surface area contributed by atoms with Crippen LogP contribution in [0, 0.1) is 6.92 Å². The van der Waals surface area contributed by atoms with E-state index in [-0.39, 0.29) is 11.3 Å². The third-order valence-electron chi connectivity index (χ3n) is 5.96. The number of hydrogen-bond donors (Lipinski definition) is 4. The minimum absolute atomic E-state index is 0.0289. The lowest BCUT2D eigenvalue weighted by Gasteiger charge is -2.36. The molecule has 0 bridgehead atoms. The smallest absolute Gasteiger partial charge is 0.252 e. The van der Waals surface area contributed by atoms with Crippen molar-refractivity contribution in [1.29, 1.82) is 0 Å². The largest absolute Gasteiger partial charge is 0.507 e. The molecule has 1 atom stereocenters. The third kappa shape index (κ3) is 5.28. The molecule has 6 heteroatoms. The summed E-state index contributed by atoms with van der Waals surface area (Å²) in [5.41, 5.74) is 8.38. The minimum atomic E-state index is -0.762. The van der Waals surface area contributed by atoms with Crippen molar-refractivity contribution in [3.05, 3.63) is 59.2 Å². The molecule has 156 valence electrons. The summed E-state index contributed by atoms with van der Waals surface area (Å²) in [6.07, 6.45) is 3.54. The van der Waals surface area contributed by atoms with E-state index in [2.05, 4.69) is 48.5 Å². The van der Waals surface area contributed by atoms with E-state index in [0.717, 1.165) is 25.7 Å². The molecular weight excluding hydrogens is 366 g/mol. The highest BCUT2D eigenvalue weighted by atomic mass is 16.3. The quantitative estimate of drug-likeness (QED) is 0.576. The van der Waals surface area contributed by atoms with Crippen LogP contribution in [0.4, 0.5) is 5.69 Å². The van der Waals surface area contributed by atoms with E-state index in [4.69, 9.17) is 5.73 Å². The second-order valence-electron chi connectivity index (χ2n) is 8.02. The van der Waals surface area contributed by atoms with E-state index in [9.17, 15) is 15.0 Å². The molecular formula is C23H31N3O3. The van der Waals surface area contributed by atoms with Gasteiger partial charge in [-0.15, -0.1) is 0 Å². The van der Waals surface area contributed by atoms with Crippen molar-refractivity contribution in [2.45, 2.75) is 50.8 Å². The summed E-state index contributed by atoms with van der Waals surface area (Å²) in [5.74, 6) is -0.877. The van der Waals surface area contributed by atoms with Gasteiger partial charge in [-0.25, -0.2) is 0 Å². The lowest BCUT2D eigenvalue weighted by Crippen LogP contribution is -2.42. The maximum absolute atomic E-state index is 11.4. The highest BCUT2D eigenvalue weighted by Gasteiger charge is 2.24. The Morgan fingerprint density at radius 3 is 2.45 bits per heavy atom. The topological polar surface area (TPSA) is 98.8 Å². The SMILES string of the molecule is Cc1ccc(N(C)[C@H]2CC[C@H](NCC(O)c3ccc(O)c(C(N)=O)c3)CC2)cc1. The van der Waals surface area contributed by atoms with E-state index in [0.29, 0.717) is 24.2 Å². The summed E-state index contributed by atoms with van der Waals surface area (Å²) in [5, 5.41) is 23.6. The van der Waals surface area contributed by atoms with Gasteiger partial charge in [0.15, 0.2) is 0 Å². The van der Waals surface area contributed by atoms with Crippen LogP contribution >= 0.6 is 0 Å². The first-order chi connectivity index (χ1) is 13.8. The first kappa shape index (κ1) is 21.1. The van der Waals surface area contributed by atoms with Crippen molar-refractivity contribution in [1.82, 2.24) is 5.32 Å². The average molecular weight is 398 g/mol. The van der Waals surface area contributed by atoms with Gasteiger partial charge in [-0.2, -0.15) is 0 Å². The van der Waals surface area contributed by atoms with Gasteiger partial charge >= 0.3 is 0 Å². The van der Waals surface area contributed by atoms with Crippen molar-refractivity contribution in [2.24, 2.45) is 5.73 Å². The van der Waals surface area contributed by atoms with Gasteiger partial charge in [-0.05, 0) is 62.4 Å². The zero-order chi connectivity index (χ0) is 21.0. The molecule has 1 fully saturated rings. The van der Waals surface area contributed by atoms with Crippen LogP contribution in [-0.2, 0) is 0 Å². The number of phenols is 1. The van der Waals surface area contributed by atoms with Gasteiger partial charge in [-0.1, -0.05) is 23.8 Å². The fraction of sp³-hybridized carbons (Fsp3) is 0.435. The molecule has 29 heavy (non-hydrogen) atoms. The van der Waals surface area contributed by atoms with E-state index in [1.54, 1.807) is 6.07 Å². The molecule has 1 amide bonds. The van der Waals surface area contributed by atoms with Crippen molar-refractivity contribution in [3.8, 4) is 5.75 Å². The normalized spacial score (nSPS) is 20.2. The van der Waals surface area contributed by atoms with Crippen LogP contribution in [0.5, 0.6) is 5.75 Å². The number of rotatable bonds is 7. The van der Waals surface area contributed by atoms with Crippen molar-refractivity contribution >= 4 is 11.6 Å². The van der Waals surface area contributed by atoms with Gasteiger partial charge in [0, 0.05) is 31.4 Å². The Morgan fingerprint density at radius 1 is 1.17 bits per heavy atom. The molecule has 6 nitrogen and oxygen atoms in total. The maximum Gasteiger partial charge on any atom is 0.252 e. The van der Waals surface area contributed by atoms with Crippen molar-refractivity contribution in [3.63, 3.8) is 0 Å². The van der Waals surface area contributed by atoms with Crippen LogP contribution in [0.1, 0.15) is 53.3 Å². The molecule has 0 saturated heterocycles. The zero-order valence-corrected chi connectivity index (χ0v) is 17.1. The van der Waals surface area contributed by atoms with Crippen molar-refractivity contribution < 1.29 is 15.0 Å². The average Bonchev–Trinajstić information content (AvgIpc) is 2.72. The minimum Gasteiger partial charge on any atom is -0.507 e. The van der Waals surface area contributed by atoms with Gasteiger partial charge in [-0.3, -0.25) is 4.79 Å². The molecule has 0 heterocycles. The second-order valence-corrected chi connectivity index (χ2v) is 8.02. The maximum atomic E-state index is 11.4. The molecule has 1 saturated carbocycles. The molecule has 1 unspecified atom stereocenters. The lowest BCUT2D eigenvalue weighted by atomic mass is 9.90. The second kappa shape index (κ2) is 9.29. The molecule has 5 N–H and O–H groups in total. The lowest BCUT2D eigenvalue weighted by molar-refractivity contribution is 0.0997. The number of benzene rings is 2. The molecule has 2 aromatic rings. The van der Waals surface area contributed by atoms with Gasteiger partial charge in [0.25, 0.3) is 5.91 Å². The molecule has 1 aliphatic rings. The van der Waals surface area contributed by atoms with Gasteiger partial charge in [0.2, 0.25) is 0 Å². The molecule has 0 radical (unpaired) electrons. The zero-order valence-electron chi connectivity index (χ0n) is 17.1. The molecule has 2 aromatic carbocycles. The summed E-state index contributed by atoms with van der Waals surface area (Å²) < 4.78 is 0. The number of nitrogens with one attached hydrogen (secondary N) is 1. The van der Waals surface area contributed by atoms with Gasteiger partial charge < -0.3 is 26.2 Å². The van der Waals surface area contributed by atoms with Crippen LogP contribution in [-0.4, -0.2) is 41.8 Å². The van der Waals surface area contributed by atoms with Gasteiger partial charge in [0.1, 0.15) is 5.75 Å². The predicted molar refractivity (Wildman–Crippen MR) is 115 cm³/mol. The summed E-state index contributed by atoms with van der Waals surface area (Å²) in [6, 6.07) is 14.0. The number of carbonyl (C=O) groups is 1. The number of hydrogen-bond acceptors (Lipinski definition) is 5. The van der Waals surface area contributed by atoms with E-state index >= 15 is 0 Å². The summed E-state index contributed by atoms with van der Waals surface area (Å²) in [6.45, 7) is 2.49.